The number of nitrogens with one attached hydrogen (secondary N) is 1. The van der Waals surface area contributed by atoms with Crippen LogP contribution in [0.1, 0.15) is 54.8 Å². The molecule has 6 rings (SSSR count). The van der Waals surface area contributed by atoms with Crippen LogP contribution < -0.4 is 5.32 Å². The van der Waals surface area contributed by atoms with Gasteiger partial charge in [-0.1, -0.05) is 30.3 Å². The van der Waals surface area contributed by atoms with Gasteiger partial charge in [-0.15, -0.1) is 11.3 Å². The molecule has 136 valence electrons. The van der Waals surface area contributed by atoms with Gasteiger partial charge in [-0.05, 0) is 61.8 Å². The third-order valence-corrected chi connectivity index (χ3v) is 7.65. The number of carbonyl (C=O) groups is 1. The molecular weight excluding hydrogens is 340 g/mol. The molecule has 0 atom stereocenters. The number of carbonyl (C=O) groups excluding carboxylic acids is 1. The molecule has 2 aromatic rings. The molecule has 4 aliphatic rings. The number of thiazole rings is 1. The lowest BCUT2D eigenvalue weighted by atomic mass is 9.49. The van der Waals surface area contributed by atoms with Crippen LogP contribution >= 0.6 is 11.3 Å². The third-order valence-electron chi connectivity index (χ3n) is 6.75. The number of nitrogens with zero attached hydrogens (tertiary/aromatic N) is 1. The van der Waals surface area contributed by atoms with E-state index >= 15 is 0 Å². The lowest BCUT2D eigenvalue weighted by molar-refractivity contribution is -0.146. The fourth-order valence-electron chi connectivity index (χ4n) is 6.03. The molecule has 4 bridgehead atoms. The first-order valence-corrected chi connectivity index (χ1v) is 10.8. The zero-order valence-electron chi connectivity index (χ0n) is 15.1. The molecule has 1 heterocycles. The van der Waals surface area contributed by atoms with Gasteiger partial charge in [0.05, 0.1) is 17.2 Å². The highest BCUT2D eigenvalue weighted by Gasteiger charge is 2.54. The van der Waals surface area contributed by atoms with Crippen molar-refractivity contribution in [3.05, 3.63) is 52.0 Å². The van der Waals surface area contributed by atoms with Crippen LogP contribution in [0.4, 0.5) is 0 Å². The van der Waals surface area contributed by atoms with Gasteiger partial charge in [0.2, 0.25) is 5.91 Å². The molecule has 4 saturated carbocycles. The Morgan fingerprint density at radius 3 is 2.38 bits per heavy atom. The molecule has 1 amide bonds. The number of hydrogen-bond acceptors (Lipinski definition) is 3. The van der Waals surface area contributed by atoms with Crippen LogP contribution in [-0.2, 0) is 17.8 Å². The Morgan fingerprint density at radius 2 is 1.73 bits per heavy atom. The van der Waals surface area contributed by atoms with Crippen molar-refractivity contribution in [2.24, 2.45) is 23.2 Å². The predicted molar refractivity (Wildman–Crippen MR) is 104 cm³/mol. The van der Waals surface area contributed by atoms with E-state index in [0.29, 0.717) is 12.5 Å². The summed E-state index contributed by atoms with van der Waals surface area (Å²) in [6.45, 7) is 0.575. The van der Waals surface area contributed by atoms with Gasteiger partial charge in [-0.25, -0.2) is 4.98 Å². The normalized spacial score (nSPS) is 31.9. The number of amides is 1. The molecular formula is C22H26N2OS. The molecule has 1 N–H and O–H groups in total. The van der Waals surface area contributed by atoms with E-state index in [9.17, 15) is 4.79 Å². The maximum absolute atomic E-state index is 13.0. The first-order chi connectivity index (χ1) is 12.7. The smallest absolute Gasteiger partial charge is 0.226 e. The summed E-state index contributed by atoms with van der Waals surface area (Å²) >= 11 is 1.69. The van der Waals surface area contributed by atoms with Crippen LogP contribution in [0.25, 0.3) is 0 Å². The summed E-state index contributed by atoms with van der Waals surface area (Å²) < 4.78 is 0. The number of aromatic nitrogens is 1. The Balaban J connectivity index is 1.21. The summed E-state index contributed by atoms with van der Waals surface area (Å²) in [7, 11) is 0. The Hall–Kier alpha value is -1.68. The van der Waals surface area contributed by atoms with Gasteiger partial charge in [0.1, 0.15) is 0 Å². The van der Waals surface area contributed by atoms with Crippen LogP contribution in [0.2, 0.25) is 0 Å². The van der Waals surface area contributed by atoms with Crippen molar-refractivity contribution < 1.29 is 4.79 Å². The molecule has 4 aliphatic carbocycles. The van der Waals surface area contributed by atoms with Crippen molar-refractivity contribution in [1.29, 1.82) is 0 Å². The van der Waals surface area contributed by atoms with Crippen molar-refractivity contribution >= 4 is 17.2 Å². The van der Waals surface area contributed by atoms with Gasteiger partial charge in [0.15, 0.2) is 0 Å². The van der Waals surface area contributed by atoms with Crippen LogP contribution in [0.15, 0.2) is 35.7 Å². The second-order valence-corrected chi connectivity index (χ2v) is 9.72. The Morgan fingerprint density at radius 1 is 1.08 bits per heavy atom. The van der Waals surface area contributed by atoms with Crippen LogP contribution in [0.5, 0.6) is 0 Å². The van der Waals surface area contributed by atoms with E-state index in [2.05, 4.69) is 35.0 Å². The predicted octanol–water partition coefficient (Wildman–Crippen LogP) is 4.57. The highest BCUT2D eigenvalue weighted by atomic mass is 32.1. The van der Waals surface area contributed by atoms with E-state index < -0.39 is 0 Å². The van der Waals surface area contributed by atoms with Crippen molar-refractivity contribution in [2.45, 2.75) is 51.5 Å². The zero-order chi connectivity index (χ0) is 17.6. The summed E-state index contributed by atoms with van der Waals surface area (Å²) in [4.78, 5) is 17.8. The van der Waals surface area contributed by atoms with Gasteiger partial charge in [0.25, 0.3) is 0 Å². The minimum Gasteiger partial charge on any atom is -0.350 e. The van der Waals surface area contributed by atoms with Gasteiger partial charge in [-0.3, -0.25) is 4.79 Å². The van der Waals surface area contributed by atoms with Gasteiger partial charge < -0.3 is 5.32 Å². The lowest BCUT2D eigenvalue weighted by Gasteiger charge is -2.55. The van der Waals surface area contributed by atoms with E-state index in [1.165, 1.54) is 24.8 Å². The first-order valence-electron chi connectivity index (χ1n) is 9.94. The maximum atomic E-state index is 13.0. The SMILES string of the molecule is O=C(NCc1csc(Cc2ccccc2)n1)C12CC3CC(CC(C3)C1)C2. The molecule has 26 heavy (non-hydrogen) atoms. The number of hydrogen-bond donors (Lipinski definition) is 1. The first kappa shape index (κ1) is 16.5. The topological polar surface area (TPSA) is 42.0 Å². The molecule has 1 aromatic heterocycles. The summed E-state index contributed by atoms with van der Waals surface area (Å²) in [6, 6.07) is 10.4. The van der Waals surface area contributed by atoms with E-state index in [0.717, 1.165) is 54.1 Å². The van der Waals surface area contributed by atoms with Crippen LogP contribution in [-0.4, -0.2) is 10.9 Å². The summed E-state index contributed by atoms with van der Waals surface area (Å²) in [5.41, 5.74) is 2.22. The van der Waals surface area contributed by atoms with Crippen LogP contribution in [0.3, 0.4) is 0 Å². The van der Waals surface area contributed by atoms with Crippen molar-refractivity contribution in [3.63, 3.8) is 0 Å². The van der Waals surface area contributed by atoms with E-state index in [-0.39, 0.29) is 5.41 Å². The molecule has 0 spiro atoms. The average Bonchev–Trinajstić information content (AvgIpc) is 3.07. The van der Waals surface area contributed by atoms with Gasteiger partial charge >= 0.3 is 0 Å². The standard InChI is InChI=1S/C22H26N2OS/c25-21(22-10-16-6-17(11-22)8-18(7-16)12-22)23-13-19-14-26-20(24-19)9-15-4-2-1-3-5-15/h1-5,14,16-18H,6-13H2,(H,23,25). The quantitative estimate of drug-likeness (QED) is 0.842. The molecule has 0 saturated heterocycles. The molecule has 1 aromatic carbocycles. The fourth-order valence-corrected chi connectivity index (χ4v) is 6.86. The fraction of sp³-hybridized carbons (Fsp3) is 0.545. The monoisotopic (exact) mass is 366 g/mol. The summed E-state index contributed by atoms with van der Waals surface area (Å²) in [5.74, 6) is 2.73. The third kappa shape index (κ3) is 3.09. The van der Waals surface area contributed by atoms with Crippen molar-refractivity contribution in [3.8, 4) is 0 Å². The molecule has 0 aliphatic heterocycles. The lowest BCUT2D eigenvalue weighted by Crippen LogP contribution is -2.53. The molecule has 4 heteroatoms. The molecule has 4 fully saturated rings. The zero-order valence-corrected chi connectivity index (χ0v) is 15.9. The highest BCUT2D eigenvalue weighted by molar-refractivity contribution is 7.09. The van der Waals surface area contributed by atoms with Crippen LogP contribution in [0, 0.1) is 23.2 Å². The number of rotatable bonds is 5. The minimum atomic E-state index is -0.0579. The summed E-state index contributed by atoms with van der Waals surface area (Å²) in [6.07, 6.45) is 8.38. The van der Waals surface area contributed by atoms with E-state index in [1.54, 1.807) is 11.3 Å². The summed E-state index contributed by atoms with van der Waals surface area (Å²) in [5, 5.41) is 6.45. The molecule has 0 unspecified atom stereocenters. The van der Waals surface area contributed by atoms with E-state index in [4.69, 9.17) is 4.98 Å². The molecule has 0 radical (unpaired) electrons. The van der Waals surface area contributed by atoms with Gasteiger partial charge in [0, 0.05) is 17.2 Å². The Labute approximate surface area is 159 Å². The van der Waals surface area contributed by atoms with E-state index in [1.807, 2.05) is 6.07 Å². The van der Waals surface area contributed by atoms with Crippen molar-refractivity contribution in [2.75, 3.05) is 0 Å². The number of benzene rings is 1. The molecule has 3 nitrogen and oxygen atoms in total. The second-order valence-electron chi connectivity index (χ2n) is 8.78. The highest BCUT2D eigenvalue weighted by Crippen LogP contribution is 2.60. The Bertz CT molecular complexity index is 762. The van der Waals surface area contributed by atoms with Crippen molar-refractivity contribution in [1.82, 2.24) is 10.3 Å². The maximum Gasteiger partial charge on any atom is 0.226 e. The largest absolute Gasteiger partial charge is 0.350 e. The van der Waals surface area contributed by atoms with Gasteiger partial charge in [-0.2, -0.15) is 0 Å². The Kier molecular flexibility index (Phi) is 4.11. The minimum absolute atomic E-state index is 0.0579. The average molecular weight is 367 g/mol. The second kappa shape index (κ2) is 6.49.